The molecule has 0 saturated heterocycles. The summed E-state index contributed by atoms with van der Waals surface area (Å²) in [5.74, 6) is -0.806. The number of carbonyl (C=O) groups is 1. The summed E-state index contributed by atoms with van der Waals surface area (Å²) in [6.07, 6.45) is -9.21. The zero-order chi connectivity index (χ0) is 23.4. The predicted molar refractivity (Wildman–Crippen MR) is 99.4 cm³/mol. The fourth-order valence-corrected chi connectivity index (χ4v) is 4.06. The lowest BCUT2D eigenvalue weighted by atomic mass is 10.1. The molecule has 5 nitrogen and oxygen atoms in total. The second-order valence-electron chi connectivity index (χ2n) is 6.57. The molecular formula is C19H18F6N2O3S. The second-order valence-corrected chi connectivity index (χ2v) is 8.26. The Hall–Kier alpha value is -2.60. The normalized spacial score (nSPS) is 13.6. The first-order valence-electron chi connectivity index (χ1n) is 8.84. The fourth-order valence-electron chi connectivity index (χ4n) is 2.63. The Bertz CT molecular complexity index is 1020. The molecule has 2 rings (SSSR count). The van der Waals surface area contributed by atoms with E-state index in [0.717, 1.165) is 37.3 Å². The molecule has 0 bridgehead atoms. The fraction of sp³-hybridized carbons (Fsp3) is 0.316. The van der Waals surface area contributed by atoms with Gasteiger partial charge in [-0.1, -0.05) is 24.3 Å². The summed E-state index contributed by atoms with van der Waals surface area (Å²) in [5, 5.41) is 2.38. The third-order valence-corrected chi connectivity index (χ3v) is 5.80. The van der Waals surface area contributed by atoms with Gasteiger partial charge in [0, 0.05) is 6.54 Å². The van der Waals surface area contributed by atoms with Gasteiger partial charge in [-0.2, -0.15) is 31.1 Å². The Morgan fingerprint density at radius 2 is 1.52 bits per heavy atom. The number of sulfonamides is 1. The predicted octanol–water partition coefficient (Wildman–Crippen LogP) is 3.75. The highest BCUT2D eigenvalue weighted by atomic mass is 32.2. The van der Waals surface area contributed by atoms with Crippen molar-refractivity contribution < 1.29 is 39.6 Å². The van der Waals surface area contributed by atoms with Gasteiger partial charge in [0.15, 0.2) is 0 Å². The van der Waals surface area contributed by atoms with Gasteiger partial charge in [0.2, 0.25) is 15.9 Å². The van der Waals surface area contributed by atoms with Gasteiger partial charge in [-0.05, 0) is 43.2 Å². The highest BCUT2D eigenvalue weighted by Gasteiger charge is 2.37. The summed E-state index contributed by atoms with van der Waals surface area (Å²) in [5.41, 5.74) is -1.68. The van der Waals surface area contributed by atoms with Crippen molar-refractivity contribution in [3.63, 3.8) is 0 Å². The smallest absolute Gasteiger partial charge is 0.354 e. The van der Waals surface area contributed by atoms with Crippen molar-refractivity contribution in [1.29, 1.82) is 0 Å². The first-order valence-corrected chi connectivity index (χ1v) is 10.3. The highest BCUT2D eigenvalue weighted by Crippen LogP contribution is 2.34. The third kappa shape index (κ3) is 6.69. The minimum absolute atomic E-state index is 0.0184. The standard InChI is InChI=1S/C19H18F6N2O3S/c1-12(27-31(29,30)16-5-3-2-4-15(16)19(23,24)25)17(28)26-11-10-13-6-8-14(9-7-13)18(20,21)22/h2-9,12,27H,10-11H2,1H3,(H,26,28). The second kappa shape index (κ2) is 9.27. The number of halogens is 6. The quantitative estimate of drug-likeness (QED) is 0.608. The van der Waals surface area contributed by atoms with Gasteiger partial charge in [-0.3, -0.25) is 4.79 Å². The maximum atomic E-state index is 13.1. The number of alkyl halides is 6. The summed E-state index contributed by atoms with van der Waals surface area (Å²) in [6.45, 7) is 1.14. The molecule has 0 saturated carbocycles. The van der Waals surface area contributed by atoms with E-state index in [1.807, 2.05) is 4.72 Å². The van der Waals surface area contributed by atoms with Crippen molar-refractivity contribution in [2.24, 2.45) is 0 Å². The molecular weight excluding hydrogens is 450 g/mol. The molecule has 2 N–H and O–H groups in total. The molecule has 2 aromatic carbocycles. The van der Waals surface area contributed by atoms with Crippen LogP contribution in [0.4, 0.5) is 26.3 Å². The number of benzene rings is 2. The Balaban J connectivity index is 1.97. The summed E-state index contributed by atoms with van der Waals surface area (Å²) >= 11 is 0. The van der Waals surface area contributed by atoms with Gasteiger partial charge < -0.3 is 5.32 Å². The van der Waals surface area contributed by atoms with Gasteiger partial charge in [-0.15, -0.1) is 0 Å². The van der Waals surface area contributed by atoms with Crippen LogP contribution >= 0.6 is 0 Å². The maximum Gasteiger partial charge on any atom is 0.417 e. The van der Waals surface area contributed by atoms with Crippen molar-refractivity contribution in [1.82, 2.24) is 10.0 Å². The molecule has 0 radical (unpaired) electrons. The molecule has 0 aromatic heterocycles. The average molecular weight is 468 g/mol. The molecule has 12 heteroatoms. The van der Waals surface area contributed by atoms with Crippen LogP contribution in [0.15, 0.2) is 53.4 Å². The van der Waals surface area contributed by atoms with Crippen LogP contribution in [-0.2, 0) is 33.6 Å². The number of hydrogen-bond acceptors (Lipinski definition) is 3. The summed E-state index contributed by atoms with van der Waals surface area (Å²) in [4.78, 5) is 11.1. The minimum Gasteiger partial charge on any atom is -0.354 e. The van der Waals surface area contributed by atoms with Gasteiger partial charge in [-0.25, -0.2) is 8.42 Å². The molecule has 0 fully saturated rings. The Labute approximate surface area is 174 Å². The van der Waals surface area contributed by atoms with E-state index in [2.05, 4.69) is 5.32 Å². The molecule has 1 amide bonds. The number of amides is 1. The van der Waals surface area contributed by atoms with Crippen LogP contribution in [0.1, 0.15) is 23.6 Å². The highest BCUT2D eigenvalue weighted by molar-refractivity contribution is 7.89. The lowest BCUT2D eigenvalue weighted by molar-refractivity contribution is -0.140. The van der Waals surface area contributed by atoms with E-state index in [9.17, 15) is 39.6 Å². The van der Waals surface area contributed by atoms with Crippen molar-refractivity contribution in [2.75, 3.05) is 6.54 Å². The Morgan fingerprint density at radius 3 is 2.06 bits per heavy atom. The van der Waals surface area contributed by atoms with E-state index in [4.69, 9.17) is 0 Å². The van der Waals surface area contributed by atoms with Crippen LogP contribution in [0.25, 0.3) is 0 Å². The van der Waals surface area contributed by atoms with Crippen LogP contribution in [-0.4, -0.2) is 26.9 Å². The van der Waals surface area contributed by atoms with Crippen LogP contribution in [0.2, 0.25) is 0 Å². The lowest BCUT2D eigenvalue weighted by Gasteiger charge is -2.17. The molecule has 31 heavy (non-hydrogen) atoms. The Morgan fingerprint density at radius 1 is 0.935 bits per heavy atom. The van der Waals surface area contributed by atoms with E-state index >= 15 is 0 Å². The lowest BCUT2D eigenvalue weighted by Crippen LogP contribution is -2.45. The van der Waals surface area contributed by atoms with Crippen LogP contribution in [0.3, 0.4) is 0 Å². The number of carbonyl (C=O) groups excluding carboxylic acids is 1. The van der Waals surface area contributed by atoms with Gasteiger partial charge >= 0.3 is 12.4 Å². The van der Waals surface area contributed by atoms with Gasteiger partial charge in [0.25, 0.3) is 0 Å². The monoisotopic (exact) mass is 468 g/mol. The average Bonchev–Trinajstić information content (AvgIpc) is 2.66. The zero-order valence-electron chi connectivity index (χ0n) is 16.0. The SMILES string of the molecule is CC(NS(=O)(=O)c1ccccc1C(F)(F)F)C(=O)NCCc1ccc(C(F)(F)F)cc1. The Kier molecular flexibility index (Phi) is 7.37. The first kappa shape index (κ1) is 24.7. The number of hydrogen-bond donors (Lipinski definition) is 2. The minimum atomic E-state index is -4.90. The topological polar surface area (TPSA) is 75.3 Å². The third-order valence-electron chi connectivity index (χ3n) is 4.20. The van der Waals surface area contributed by atoms with E-state index in [0.29, 0.717) is 11.6 Å². The van der Waals surface area contributed by atoms with Crippen molar-refractivity contribution in [3.05, 3.63) is 65.2 Å². The summed E-state index contributed by atoms with van der Waals surface area (Å²) in [6, 6.07) is 6.45. The molecule has 0 aliphatic heterocycles. The van der Waals surface area contributed by atoms with E-state index in [-0.39, 0.29) is 13.0 Å². The van der Waals surface area contributed by atoms with Crippen molar-refractivity contribution in [2.45, 2.75) is 36.6 Å². The molecule has 2 aromatic rings. The molecule has 0 aliphatic rings. The molecule has 170 valence electrons. The number of rotatable bonds is 7. The van der Waals surface area contributed by atoms with Gasteiger partial charge in [0.05, 0.1) is 22.1 Å². The van der Waals surface area contributed by atoms with E-state index < -0.39 is 50.3 Å². The van der Waals surface area contributed by atoms with Crippen molar-refractivity contribution in [3.8, 4) is 0 Å². The molecule has 1 atom stereocenters. The molecule has 0 heterocycles. The van der Waals surface area contributed by atoms with E-state index in [1.54, 1.807) is 0 Å². The van der Waals surface area contributed by atoms with Crippen LogP contribution in [0.5, 0.6) is 0 Å². The zero-order valence-corrected chi connectivity index (χ0v) is 16.8. The van der Waals surface area contributed by atoms with E-state index in [1.165, 1.54) is 12.1 Å². The van der Waals surface area contributed by atoms with Gasteiger partial charge in [0.1, 0.15) is 0 Å². The summed E-state index contributed by atoms with van der Waals surface area (Å²) in [7, 11) is -4.65. The maximum absolute atomic E-state index is 13.1. The first-order chi connectivity index (χ1) is 14.2. The molecule has 0 spiro atoms. The van der Waals surface area contributed by atoms with Crippen molar-refractivity contribution >= 4 is 15.9 Å². The number of nitrogens with one attached hydrogen (secondary N) is 2. The largest absolute Gasteiger partial charge is 0.417 e. The molecule has 1 unspecified atom stereocenters. The van der Waals surface area contributed by atoms with Crippen LogP contribution in [0, 0.1) is 0 Å². The summed E-state index contributed by atoms with van der Waals surface area (Å²) < 4.78 is 103. The molecule has 0 aliphatic carbocycles. The van der Waals surface area contributed by atoms with Crippen LogP contribution < -0.4 is 10.0 Å².